The summed E-state index contributed by atoms with van der Waals surface area (Å²) in [5.74, 6) is -0.00332. The van der Waals surface area contributed by atoms with E-state index >= 15 is 0 Å². The molecule has 0 unspecified atom stereocenters. The number of carbonyl (C=O) groups excluding carboxylic acids is 1. The van der Waals surface area contributed by atoms with Crippen molar-refractivity contribution in [2.75, 3.05) is 6.54 Å². The number of rotatable bonds is 2. The monoisotopic (exact) mass is 288 g/mol. The summed E-state index contributed by atoms with van der Waals surface area (Å²) in [5.41, 5.74) is 6.14. The maximum atomic E-state index is 11.5. The van der Waals surface area contributed by atoms with Gasteiger partial charge in [0.2, 0.25) is 0 Å². The highest BCUT2D eigenvalue weighted by molar-refractivity contribution is 6.04. The Morgan fingerprint density at radius 1 is 1.48 bits per heavy atom. The van der Waals surface area contributed by atoms with Crippen LogP contribution in [-0.4, -0.2) is 38.5 Å². The summed E-state index contributed by atoms with van der Waals surface area (Å²) in [6, 6.07) is 5.12. The molecule has 1 fully saturated rings. The number of carboxylic acid groups (broad SMARTS) is 1. The molecule has 1 aliphatic heterocycles. The van der Waals surface area contributed by atoms with E-state index in [-0.39, 0.29) is 0 Å². The average Bonchev–Trinajstić information content (AvgIpc) is 3.01. The summed E-state index contributed by atoms with van der Waals surface area (Å²) < 4.78 is 0. The van der Waals surface area contributed by atoms with E-state index in [9.17, 15) is 14.7 Å². The second kappa shape index (κ2) is 4.47. The molecule has 1 saturated heterocycles. The van der Waals surface area contributed by atoms with E-state index in [4.69, 9.17) is 5.73 Å². The second-order valence-electron chi connectivity index (χ2n) is 5.46. The standard InChI is InChI=1S/C14H16N4O3/c1-14(6-3-7-18(14)13(20)21)12-16-9-5-2-4-8(11(15)19)10(9)17-12/h2,4-5H,3,6-7H2,1H3,(H2,15,19)(H,16,17)(H,20,21)/t14-/m1/s1. The Labute approximate surface area is 120 Å². The lowest BCUT2D eigenvalue weighted by atomic mass is 9.98. The Kier molecular flexibility index (Phi) is 2.86. The van der Waals surface area contributed by atoms with Crippen LogP contribution in [0.1, 0.15) is 35.9 Å². The highest BCUT2D eigenvalue weighted by Crippen LogP contribution is 2.38. The SMILES string of the molecule is C[C@]1(c2nc3c(C(N)=O)cccc3[nH]2)CCCN1C(=O)O. The molecule has 1 aliphatic rings. The van der Waals surface area contributed by atoms with Gasteiger partial charge in [0.25, 0.3) is 5.91 Å². The number of nitrogens with two attached hydrogens (primary N) is 1. The van der Waals surface area contributed by atoms with Gasteiger partial charge in [-0.3, -0.25) is 9.69 Å². The van der Waals surface area contributed by atoms with E-state index in [0.29, 0.717) is 35.4 Å². The number of primary amides is 1. The molecule has 0 saturated carbocycles. The van der Waals surface area contributed by atoms with Crippen LogP contribution in [0.15, 0.2) is 18.2 Å². The van der Waals surface area contributed by atoms with E-state index in [0.717, 1.165) is 6.42 Å². The van der Waals surface area contributed by atoms with Gasteiger partial charge < -0.3 is 15.8 Å². The first-order valence-electron chi connectivity index (χ1n) is 6.73. The zero-order chi connectivity index (χ0) is 15.2. The summed E-state index contributed by atoms with van der Waals surface area (Å²) in [6.07, 6.45) is 0.499. The van der Waals surface area contributed by atoms with Crippen LogP contribution < -0.4 is 5.73 Å². The number of likely N-dealkylation sites (tertiary alicyclic amines) is 1. The van der Waals surface area contributed by atoms with Crippen molar-refractivity contribution < 1.29 is 14.7 Å². The summed E-state index contributed by atoms with van der Waals surface area (Å²) in [6.45, 7) is 2.32. The van der Waals surface area contributed by atoms with Gasteiger partial charge in [-0.2, -0.15) is 0 Å². The molecule has 0 bridgehead atoms. The number of imidazole rings is 1. The number of amides is 2. The van der Waals surface area contributed by atoms with Gasteiger partial charge in [0, 0.05) is 6.54 Å². The lowest BCUT2D eigenvalue weighted by molar-refractivity contribution is 0.0999. The number of nitrogens with one attached hydrogen (secondary N) is 1. The fourth-order valence-corrected chi connectivity index (χ4v) is 3.00. The highest BCUT2D eigenvalue weighted by Gasteiger charge is 2.43. The number of aromatic nitrogens is 2. The molecule has 7 heteroatoms. The number of benzene rings is 1. The van der Waals surface area contributed by atoms with E-state index < -0.39 is 17.5 Å². The van der Waals surface area contributed by atoms with Crippen molar-refractivity contribution in [2.24, 2.45) is 5.73 Å². The molecule has 0 spiro atoms. The van der Waals surface area contributed by atoms with Gasteiger partial charge in [-0.05, 0) is 31.9 Å². The Bertz CT molecular complexity index is 739. The second-order valence-corrected chi connectivity index (χ2v) is 5.46. The first-order chi connectivity index (χ1) is 9.93. The lowest BCUT2D eigenvalue weighted by Crippen LogP contribution is -2.42. The molecule has 110 valence electrons. The molecule has 3 rings (SSSR count). The van der Waals surface area contributed by atoms with Gasteiger partial charge in [0.15, 0.2) is 0 Å². The minimum atomic E-state index is -0.967. The molecule has 21 heavy (non-hydrogen) atoms. The van der Waals surface area contributed by atoms with Crippen molar-refractivity contribution in [1.82, 2.24) is 14.9 Å². The molecule has 1 aromatic heterocycles. The predicted octanol–water partition coefficient (Wildman–Crippen LogP) is 1.65. The van der Waals surface area contributed by atoms with Crippen LogP contribution in [0.2, 0.25) is 0 Å². The maximum absolute atomic E-state index is 11.5. The number of hydrogen-bond donors (Lipinski definition) is 3. The first kappa shape index (κ1) is 13.4. The minimum absolute atomic E-state index is 0.332. The smallest absolute Gasteiger partial charge is 0.408 e. The summed E-state index contributed by atoms with van der Waals surface area (Å²) in [5, 5.41) is 9.34. The van der Waals surface area contributed by atoms with Gasteiger partial charge >= 0.3 is 6.09 Å². The zero-order valence-electron chi connectivity index (χ0n) is 11.6. The largest absolute Gasteiger partial charge is 0.465 e. The van der Waals surface area contributed by atoms with E-state index in [2.05, 4.69) is 9.97 Å². The predicted molar refractivity (Wildman–Crippen MR) is 75.9 cm³/mol. The molecule has 4 N–H and O–H groups in total. The Balaban J connectivity index is 2.15. The van der Waals surface area contributed by atoms with Gasteiger partial charge in [-0.25, -0.2) is 9.78 Å². The third kappa shape index (κ3) is 1.93. The zero-order valence-corrected chi connectivity index (χ0v) is 11.6. The number of H-pyrrole nitrogens is 1. The molecule has 2 aromatic rings. The van der Waals surface area contributed by atoms with Crippen molar-refractivity contribution in [3.05, 3.63) is 29.6 Å². The number of para-hydroxylation sites is 1. The Morgan fingerprint density at radius 3 is 2.90 bits per heavy atom. The van der Waals surface area contributed by atoms with Gasteiger partial charge in [0.1, 0.15) is 16.9 Å². The van der Waals surface area contributed by atoms with Gasteiger partial charge in [-0.15, -0.1) is 0 Å². The number of hydrogen-bond acceptors (Lipinski definition) is 3. The van der Waals surface area contributed by atoms with Gasteiger partial charge in [0.05, 0.1) is 11.1 Å². The van der Waals surface area contributed by atoms with Crippen molar-refractivity contribution in [3.8, 4) is 0 Å². The van der Waals surface area contributed by atoms with Crippen molar-refractivity contribution in [1.29, 1.82) is 0 Å². The molecular formula is C14H16N4O3. The third-order valence-corrected chi connectivity index (χ3v) is 4.16. The molecule has 7 nitrogen and oxygen atoms in total. The minimum Gasteiger partial charge on any atom is -0.465 e. The summed E-state index contributed by atoms with van der Waals surface area (Å²) in [4.78, 5) is 31.8. The Morgan fingerprint density at radius 2 is 2.24 bits per heavy atom. The summed E-state index contributed by atoms with van der Waals surface area (Å²) in [7, 11) is 0. The number of aromatic amines is 1. The normalized spacial score (nSPS) is 21.9. The van der Waals surface area contributed by atoms with Crippen LogP contribution in [0.3, 0.4) is 0 Å². The van der Waals surface area contributed by atoms with E-state index in [1.807, 2.05) is 6.92 Å². The van der Waals surface area contributed by atoms with E-state index in [1.165, 1.54) is 4.90 Å². The average molecular weight is 288 g/mol. The van der Waals surface area contributed by atoms with Crippen LogP contribution in [0, 0.1) is 0 Å². The molecule has 0 radical (unpaired) electrons. The lowest BCUT2D eigenvalue weighted by Gasteiger charge is -2.31. The van der Waals surface area contributed by atoms with Crippen LogP contribution in [0.5, 0.6) is 0 Å². The molecule has 1 aromatic carbocycles. The van der Waals surface area contributed by atoms with Crippen LogP contribution in [0.4, 0.5) is 4.79 Å². The number of carbonyl (C=O) groups is 2. The quantitative estimate of drug-likeness (QED) is 0.779. The fourth-order valence-electron chi connectivity index (χ4n) is 3.00. The van der Waals surface area contributed by atoms with Gasteiger partial charge in [-0.1, -0.05) is 6.07 Å². The van der Waals surface area contributed by atoms with E-state index in [1.54, 1.807) is 18.2 Å². The van der Waals surface area contributed by atoms with Crippen LogP contribution >= 0.6 is 0 Å². The number of fused-ring (bicyclic) bond motifs is 1. The molecular weight excluding hydrogens is 272 g/mol. The fraction of sp³-hybridized carbons (Fsp3) is 0.357. The molecule has 2 heterocycles. The van der Waals surface area contributed by atoms with Crippen LogP contribution in [0.25, 0.3) is 11.0 Å². The molecule has 0 aliphatic carbocycles. The third-order valence-electron chi connectivity index (χ3n) is 4.16. The number of nitrogens with zero attached hydrogens (tertiary/aromatic N) is 2. The summed E-state index contributed by atoms with van der Waals surface area (Å²) >= 11 is 0. The van der Waals surface area contributed by atoms with Crippen molar-refractivity contribution in [2.45, 2.75) is 25.3 Å². The molecule has 2 amide bonds. The molecule has 1 atom stereocenters. The van der Waals surface area contributed by atoms with Crippen molar-refractivity contribution >= 4 is 23.0 Å². The van der Waals surface area contributed by atoms with Crippen LogP contribution in [-0.2, 0) is 5.54 Å². The maximum Gasteiger partial charge on any atom is 0.408 e. The Hall–Kier alpha value is -2.57. The topological polar surface area (TPSA) is 112 Å². The highest BCUT2D eigenvalue weighted by atomic mass is 16.4. The first-order valence-corrected chi connectivity index (χ1v) is 6.73. The van der Waals surface area contributed by atoms with Crippen molar-refractivity contribution in [3.63, 3.8) is 0 Å².